The predicted molar refractivity (Wildman–Crippen MR) is 123 cm³/mol. The fourth-order valence-corrected chi connectivity index (χ4v) is 3.07. The van der Waals surface area contributed by atoms with Crippen molar-refractivity contribution in [2.45, 2.75) is 46.5 Å². The second-order valence-corrected chi connectivity index (χ2v) is 6.96. The standard InChI is InChI=1S/C25H29N3O3/c1-4-7-15-31-25(30)21-13-8-9-14-22(21)28-24(29)20(16-26)17-27-23-18(5-2)11-10-12-19(23)6-3/h8-14,17,27H,4-7,15H2,1-3H3,(H,28,29)/b20-17-. The first kappa shape index (κ1) is 23.7. The molecule has 2 aromatic carbocycles. The molecule has 0 unspecified atom stereocenters. The maximum absolute atomic E-state index is 12.7. The van der Waals surface area contributed by atoms with Gasteiger partial charge in [-0.2, -0.15) is 5.26 Å². The molecule has 0 aromatic heterocycles. The molecule has 2 rings (SSSR count). The summed E-state index contributed by atoms with van der Waals surface area (Å²) in [6, 6.07) is 14.6. The van der Waals surface area contributed by atoms with Gasteiger partial charge in [0, 0.05) is 11.9 Å². The van der Waals surface area contributed by atoms with Crippen molar-refractivity contribution in [2.75, 3.05) is 17.2 Å². The van der Waals surface area contributed by atoms with Crippen molar-refractivity contribution < 1.29 is 14.3 Å². The van der Waals surface area contributed by atoms with Crippen molar-refractivity contribution in [3.05, 3.63) is 70.9 Å². The zero-order valence-electron chi connectivity index (χ0n) is 18.3. The predicted octanol–water partition coefficient (Wildman–Crippen LogP) is 5.23. The number of anilines is 2. The van der Waals surface area contributed by atoms with Gasteiger partial charge in [0.05, 0.1) is 17.9 Å². The van der Waals surface area contributed by atoms with Crippen LogP contribution in [0.5, 0.6) is 0 Å². The van der Waals surface area contributed by atoms with Gasteiger partial charge in [-0.25, -0.2) is 4.79 Å². The average Bonchev–Trinajstić information content (AvgIpc) is 2.79. The van der Waals surface area contributed by atoms with E-state index in [0.29, 0.717) is 12.3 Å². The molecule has 0 aliphatic heterocycles. The van der Waals surface area contributed by atoms with E-state index in [-0.39, 0.29) is 11.1 Å². The largest absolute Gasteiger partial charge is 0.462 e. The molecule has 6 nitrogen and oxygen atoms in total. The van der Waals surface area contributed by atoms with E-state index in [1.165, 1.54) is 6.20 Å². The number of nitrogens with one attached hydrogen (secondary N) is 2. The molecular weight excluding hydrogens is 390 g/mol. The van der Waals surface area contributed by atoms with Gasteiger partial charge in [0.15, 0.2) is 0 Å². The number of nitrogens with zero attached hydrogens (tertiary/aromatic N) is 1. The van der Waals surface area contributed by atoms with Crippen molar-refractivity contribution in [1.29, 1.82) is 5.26 Å². The fourth-order valence-electron chi connectivity index (χ4n) is 3.07. The molecule has 0 spiro atoms. The molecule has 0 heterocycles. The van der Waals surface area contributed by atoms with Crippen LogP contribution in [0.3, 0.4) is 0 Å². The van der Waals surface area contributed by atoms with E-state index < -0.39 is 11.9 Å². The van der Waals surface area contributed by atoms with Gasteiger partial charge in [-0.1, -0.05) is 57.5 Å². The number of aryl methyl sites for hydroxylation is 2. The highest BCUT2D eigenvalue weighted by atomic mass is 16.5. The van der Waals surface area contributed by atoms with Crippen molar-refractivity contribution in [3.8, 4) is 6.07 Å². The molecule has 31 heavy (non-hydrogen) atoms. The van der Waals surface area contributed by atoms with Crippen LogP contribution >= 0.6 is 0 Å². The normalized spacial score (nSPS) is 10.8. The molecule has 0 aliphatic carbocycles. The minimum Gasteiger partial charge on any atom is -0.462 e. The zero-order valence-corrected chi connectivity index (χ0v) is 18.3. The molecule has 0 radical (unpaired) electrons. The Morgan fingerprint density at radius 3 is 2.32 bits per heavy atom. The van der Waals surface area contributed by atoms with E-state index >= 15 is 0 Å². The first-order chi connectivity index (χ1) is 15.0. The third kappa shape index (κ3) is 6.45. The Kier molecular flexibility index (Phi) is 9.31. The second kappa shape index (κ2) is 12.2. The number of amides is 1. The number of hydrogen-bond donors (Lipinski definition) is 2. The van der Waals surface area contributed by atoms with Crippen LogP contribution in [-0.2, 0) is 22.4 Å². The monoisotopic (exact) mass is 419 g/mol. The maximum atomic E-state index is 12.7. The number of para-hydroxylation sites is 2. The number of carbonyl (C=O) groups is 2. The minimum atomic E-state index is -0.601. The van der Waals surface area contributed by atoms with Crippen LogP contribution in [0.25, 0.3) is 0 Å². The highest BCUT2D eigenvalue weighted by Gasteiger charge is 2.17. The first-order valence-electron chi connectivity index (χ1n) is 10.6. The number of ether oxygens (including phenoxy) is 1. The van der Waals surface area contributed by atoms with E-state index in [4.69, 9.17) is 4.74 Å². The topological polar surface area (TPSA) is 91.2 Å². The van der Waals surface area contributed by atoms with Crippen LogP contribution in [0.1, 0.15) is 55.1 Å². The highest BCUT2D eigenvalue weighted by molar-refractivity contribution is 6.09. The first-order valence-corrected chi connectivity index (χ1v) is 10.6. The quantitative estimate of drug-likeness (QED) is 0.238. The summed E-state index contributed by atoms with van der Waals surface area (Å²) >= 11 is 0. The molecule has 0 atom stereocenters. The molecule has 162 valence electrons. The van der Waals surface area contributed by atoms with Crippen molar-refractivity contribution in [3.63, 3.8) is 0 Å². The van der Waals surface area contributed by atoms with E-state index in [1.807, 2.05) is 31.2 Å². The van der Waals surface area contributed by atoms with Crippen LogP contribution in [0, 0.1) is 11.3 Å². The van der Waals surface area contributed by atoms with Crippen molar-refractivity contribution >= 4 is 23.3 Å². The smallest absolute Gasteiger partial charge is 0.340 e. The third-order valence-electron chi connectivity index (χ3n) is 4.85. The van der Waals surface area contributed by atoms with Gasteiger partial charge in [-0.05, 0) is 42.5 Å². The van der Waals surface area contributed by atoms with Crippen LogP contribution in [-0.4, -0.2) is 18.5 Å². The number of unbranched alkanes of at least 4 members (excludes halogenated alkanes) is 1. The van der Waals surface area contributed by atoms with Crippen LogP contribution in [0.15, 0.2) is 54.2 Å². The minimum absolute atomic E-state index is 0.0953. The van der Waals surface area contributed by atoms with Crippen molar-refractivity contribution in [2.24, 2.45) is 0 Å². The summed E-state index contributed by atoms with van der Waals surface area (Å²) in [6.07, 6.45) is 4.74. The summed E-state index contributed by atoms with van der Waals surface area (Å²) in [5.74, 6) is -1.11. The van der Waals surface area contributed by atoms with Gasteiger partial charge in [-0.15, -0.1) is 0 Å². The number of rotatable bonds is 10. The van der Waals surface area contributed by atoms with Gasteiger partial charge < -0.3 is 15.4 Å². The van der Waals surface area contributed by atoms with Gasteiger partial charge in [0.2, 0.25) is 0 Å². The summed E-state index contributed by atoms with van der Waals surface area (Å²) in [5.41, 5.74) is 3.58. The van der Waals surface area contributed by atoms with Crippen molar-refractivity contribution in [1.82, 2.24) is 0 Å². The van der Waals surface area contributed by atoms with E-state index in [2.05, 4.69) is 24.5 Å². The molecule has 2 N–H and O–H groups in total. The average molecular weight is 420 g/mol. The zero-order chi connectivity index (χ0) is 22.6. The molecule has 0 bridgehead atoms. The number of hydrogen-bond acceptors (Lipinski definition) is 5. The SMILES string of the molecule is CCCCOC(=O)c1ccccc1NC(=O)/C(C#N)=C\Nc1c(CC)cccc1CC. The van der Waals surface area contributed by atoms with Crippen LogP contribution in [0.2, 0.25) is 0 Å². The second-order valence-electron chi connectivity index (χ2n) is 6.96. The molecule has 0 saturated carbocycles. The van der Waals surface area contributed by atoms with E-state index in [9.17, 15) is 14.9 Å². The number of nitriles is 1. The Morgan fingerprint density at radius 2 is 1.71 bits per heavy atom. The van der Waals surface area contributed by atoms with E-state index in [1.54, 1.807) is 24.3 Å². The fraction of sp³-hybridized carbons (Fsp3) is 0.320. The summed E-state index contributed by atoms with van der Waals surface area (Å²) in [7, 11) is 0. The molecule has 0 saturated heterocycles. The van der Waals surface area contributed by atoms with Gasteiger partial charge in [0.25, 0.3) is 5.91 Å². The number of esters is 1. The number of carbonyl (C=O) groups excluding carboxylic acids is 2. The van der Waals surface area contributed by atoms with E-state index in [0.717, 1.165) is 42.5 Å². The molecule has 2 aromatic rings. The third-order valence-corrected chi connectivity index (χ3v) is 4.85. The molecular formula is C25H29N3O3. The lowest BCUT2D eigenvalue weighted by Gasteiger charge is -2.13. The van der Waals surface area contributed by atoms with Gasteiger partial charge in [-0.3, -0.25) is 4.79 Å². The number of benzene rings is 2. The van der Waals surface area contributed by atoms with Crippen LogP contribution in [0.4, 0.5) is 11.4 Å². The molecule has 0 fully saturated rings. The summed E-state index contributed by atoms with van der Waals surface area (Å²) in [5, 5.41) is 15.3. The highest BCUT2D eigenvalue weighted by Crippen LogP contribution is 2.23. The van der Waals surface area contributed by atoms with Gasteiger partial charge in [0.1, 0.15) is 11.6 Å². The Balaban J connectivity index is 2.20. The summed E-state index contributed by atoms with van der Waals surface area (Å²) in [4.78, 5) is 25.1. The summed E-state index contributed by atoms with van der Waals surface area (Å²) < 4.78 is 5.25. The van der Waals surface area contributed by atoms with Gasteiger partial charge >= 0.3 is 5.97 Å². The lowest BCUT2D eigenvalue weighted by atomic mass is 10.0. The molecule has 6 heteroatoms. The lowest BCUT2D eigenvalue weighted by Crippen LogP contribution is -2.18. The van der Waals surface area contributed by atoms with Crippen LogP contribution < -0.4 is 10.6 Å². The Morgan fingerprint density at radius 1 is 1.03 bits per heavy atom. The summed E-state index contributed by atoms with van der Waals surface area (Å²) in [6.45, 7) is 6.44. The Labute approximate surface area is 183 Å². The molecule has 0 aliphatic rings. The Hall–Kier alpha value is -3.59. The molecule has 1 amide bonds. The maximum Gasteiger partial charge on any atom is 0.340 e. The lowest BCUT2D eigenvalue weighted by molar-refractivity contribution is -0.112. The Bertz CT molecular complexity index is 967.